The minimum absolute atomic E-state index is 0.0476. The lowest BCUT2D eigenvalue weighted by atomic mass is 10.2. The molecule has 2 amide bonds. The SMILES string of the molecule is CCCCC(COC(=O)CCN1C(=O)N(OC)C(=Cc2ccccc2)C1OC)OC. The summed E-state index contributed by atoms with van der Waals surface area (Å²) in [5.41, 5.74) is 1.45. The molecule has 1 aromatic carbocycles. The van der Waals surface area contributed by atoms with Crippen LogP contribution in [0.3, 0.4) is 0 Å². The zero-order valence-corrected chi connectivity index (χ0v) is 18.2. The number of carbonyl (C=O) groups is 2. The van der Waals surface area contributed by atoms with Crippen LogP contribution in [0.15, 0.2) is 36.0 Å². The maximum absolute atomic E-state index is 12.8. The van der Waals surface area contributed by atoms with Crippen molar-refractivity contribution in [2.75, 3.05) is 34.5 Å². The summed E-state index contributed by atoms with van der Waals surface area (Å²) in [6.07, 6.45) is 4.00. The molecule has 0 radical (unpaired) electrons. The van der Waals surface area contributed by atoms with E-state index in [2.05, 4.69) is 6.92 Å². The van der Waals surface area contributed by atoms with Gasteiger partial charge in [-0.15, -0.1) is 0 Å². The highest BCUT2D eigenvalue weighted by molar-refractivity contribution is 5.82. The van der Waals surface area contributed by atoms with Crippen LogP contribution in [-0.4, -0.2) is 68.8 Å². The lowest BCUT2D eigenvalue weighted by molar-refractivity contribution is -0.147. The van der Waals surface area contributed by atoms with Gasteiger partial charge >= 0.3 is 12.0 Å². The number of esters is 1. The molecule has 1 aromatic rings. The zero-order valence-electron chi connectivity index (χ0n) is 18.2. The second kappa shape index (κ2) is 12.3. The number of ether oxygens (including phenoxy) is 3. The summed E-state index contributed by atoms with van der Waals surface area (Å²) in [4.78, 5) is 31.7. The van der Waals surface area contributed by atoms with Gasteiger partial charge in [0.05, 0.1) is 19.6 Å². The number of methoxy groups -OCH3 is 2. The van der Waals surface area contributed by atoms with Gasteiger partial charge in [0.1, 0.15) is 12.3 Å². The first-order chi connectivity index (χ1) is 14.5. The van der Waals surface area contributed by atoms with E-state index >= 15 is 0 Å². The monoisotopic (exact) mass is 420 g/mol. The lowest BCUT2D eigenvalue weighted by Gasteiger charge is -2.21. The predicted octanol–water partition coefficient (Wildman–Crippen LogP) is 3.44. The number of amides is 2. The van der Waals surface area contributed by atoms with E-state index in [-0.39, 0.29) is 31.6 Å². The zero-order chi connectivity index (χ0) is 21.9. The molecule has 2 atom stereocenters. The fraction of sp³-hybridized carbons (Fsp3) is 0.545. The van der Waals surface area contributed by atoms with Gasteiger partial charge in [-0.2, -0.15) is 5.06 Å². The Kier molecular flexibility index (Phi) is 9.79. The van der Waals surface area contributed by atoms with E-state index < -0.39 is 12.3 Å². The van der Waals surface area contributed by atoms with Crippen molar-refractivity contribution in [2.24, 2.45) is 0 Å². The Labute approximate surface area is 178 Å². The summed E-state index contributed by atoms with van der Waals surface area (Å²) in [5.74, 6) is -0.388. The average Bonchev–Trinajstić information content (AvgIpc) is 3.02. The number of unbranched alkanes of at least 4 members (excludes halogenated alkanes) is 1. The number of nitrogens with zero attached hydrogens (tertiary/aromatic N) is 2. The van der Waals surface area contributed by atoms with E-state index in [4.69, 9.17) is 19.0 Å². The van der Waals surface area contributed by atoms with Crippen LogP contribution in [0.2, 0.25) is 0 Å². The molecular formula is C22H32N2O6. The van der Waals surface area contributed by atoms with Crippen LogP contribution in [0.25, 0.3) is 6.08 Å². The second-order valence-corrected chi connectivity index (χ2v) is 6.95. The van der Waals surface area contributed by atoms with Crippen molar-refractivity contribution in [1.29, 1.82) is 0 Å². The molecule has 0 spiro atoms. The Bertz CT molecular complexity index is 709. The van der Waals surface area contributed by atoms with Gasteiger partial charge < -0.3 is 14.2 Å². The third kappa shape index (κ3) is 6.29. The molecule has 0 aromatic heterocycles. The fourth-order valence-corrected chi connectivity index (χ4v) is 3.25. The molecule has 1 heterocycles. The second-order valence-electron chi connectivity index (χ2n) is 6.95. The molecule has 0 aliphatic carbocycles. The summed E-state index contributed by atoms with van der Waals surface area (Å²) >= 11 is 0. The molecular weight excluding hydrogens is 388 g/mol. The number of benzene rings is 1. The number of hydrogen-bond acceptors (Lipinski definition) is 6. The van der Waals surface area contributed by atoms with Crippen molar-refractivity contribution in [3.63, 3.8) is 0 Å². The summed E-state index contributed by atoms with van der Waals surface area (Å²) in [6.45, 7) is 2.46. The van der Waals surface area contributed by atoms with E-state index in [9.17, 15) is 9.59 Å². The molecule has 1 aliphatic rings. The number of hydrogen-bond donors (Lipinski definition) is 0. The van der Waals surface area contributed by atoms with Crippen molar-refractivity contribution in [2.45, 2.75) is 44.9 Å². The van der Waals surface area contributed by atoms with Gasteiger partial charge in [-0.25, -0.2) is 4.79 Å². The molecule has 1 aliphatic heterocycles. The maximum Gasteiger partial charge on any atom is 0.350 e. The van der Waals surface area contributed by atoms with Crippen molar-refractivity contribution < 1.29 is 28.6 Å². The van der Waals surface area contributed by atoms with E-state index in [1.807, 2.05) is 36.4 Å². The normalized spacial score (nSPS) is 18.9. The molecule has 8 nitrogen and oxygen atoms in total. The van der Waals surface area contributed by atoms with Gasteiger partial charge in [-0.1, -0.05) is 50.1 Å². The summed E-state index contributed by atoms with van der Waals surface area (Å²) < 4.78 is 16.2. The van der Waals surface area contributed by atoms with Crippen molar-refractivity contribution in [3.05, 3.63) is 41.6 Å². The van der Waals surface area contributed by atoms with Gasteiger partial charge in [0, 0.05) is 20.8 Å². The van der Waals surface area contributed by atoms with Crippen LogP contribution in [0, 0.1) is 0 Å². The molecule has 2 rings (SSSR count). The van der Waals surface area contributed by atoms with Gasteiger partial charge in [0.25, 0.3) is 0 Å². The van der Waals surface area contributed by atoms with Gasteiger partial charge in [0.15, 0.2) is 6.23 Å². The van der Waals surface area contributed by atoms with Crippen LogP contribution >= 0.6 is 0 Å². The highest BCUT2D eigenvalue weighted by Crippen LogP contribution is 2.29. The smallest absolute Gasteiger partial charge is 0.350 e. The minimum atomic E-state index is -0.665. The molecule has 0 bridgehead atoms. The number of carbonyl (C=O) groups excluding carboxylic acids is 2. The molecule has 30 heavy (non-hydrogen) atoms. The Hall–Kier alpha value is -2.42. The Balaban J connectivity index is 2.00. The Morgan fingerprint density at radius 2 is 1.93 bits per heavy atom. The van der Waals surface area contributed by atoms with Crippen LogP contribution in [0.4, 0.5) is 4.79 Å². The Morgan fingerprint density at radius 1 is 1.20 bits per heavy atom. The van der Waals surface area contributed by atoms with Gasteiger partial charge in [0.2, 0.25) is 0 Å². The van der Waals surface area contributed by atoms with E-state index in [0.717, 1.165) is 24.8 Å². The largest absolute Gasteiger partial charge is 0.463 e. The third-order valence-corrected chi connectivity index (χ3v) is 4.91. The van der Waals surface area contributed by atoms with Crippen LogP contribution in [0.5, 0.6) is 0 Å². The lowest BCUT2D eigenvalue weighted by Crippen LogP contribution is -2.37. The van der Waals surface area contributed by atoms with E-state index in [1.54, 1.807) is 7.11 Å². The van der Waals surface area contributed by atoms with Crippen molar-refractivity contribution in [1.82, 2.24) is 9.96 Å². The van der Waals surface area contributed by atoms with E-state index in [0.29, 0.717) is 5.70 Å². The van der Waals surface area contributed by atoms with Gasteiger partial charge in [-0.05, 0) is 18.1 Å². The summed E-state index contributed by atoms with van der Waals surface area (Å²) in [6, 6.07) is 9.17. The summed E-state index contributed by atoms with van der Waals surface area (Å²) in [5, 5.41) is 1.18. The van der Waals surface area contributed by atoms with Crippen molar-refractivity contribution in [3.8, 4) is 0 Å². The number of urea groups is 1. The molecule has 1 saturated heterocycles. The minimum Gasteiger partial charge on any atom is -0.463 e. The molecule has 2 unspecified atom stereocenters. The quantitative estimate of drug-likeness (QED) is 0.482. The first-order valence-electron chi connectivity index (χ1n) is 10.2. The standard InChI is InChI=1S/C22H32N2O6/c1-5-6-12-18(27-2)16-30-20(25)13-14-23-21(28-3)19(24(29-4)22(23)26)15-17-10-8-7-9-11-17/h7-11,15,18,21H,5-6,12-14,16H2,1-4H3. The highest BCUT2D eigenvalue weighted by atomic mass is 16.7. The average molecular weight is 421 g/mol. The first kappa shape index (κ1) is 23.9. The Morgan fingerprint density at radius 3 is 2.53 bits per heavy atom. The predicted molar refractivity (Wildman–Crippen MR) is 112 cm³/mol. The first-order valence-corrected chi connectivity index (χ1v) is 10.2. The van der Waals surface area contributed by atoms with Gasteiger partial charge in [-0.3, -0.25) is 14.5 Å². The molecule has 0 saturated carbocycles. The van der Waals surface area contributed by atoms with E-state index in [1.165, 1.54) is 24.2 Å². The molecule has 0 N–H and O–H groups in total. The van der Waals surface area contributed by atoms with Crippen LogP contribution < -0.4 is 0 Å². The van der Waals surface area contributed by atoms with Crippen LogP contribution in [0.1, 0.15) is 38.2 Å². The highest BCUT2D eigenvalue weighted by Gasteiger charge is 2.43. The fourth-order valence-electron chi connectivity index (χ4n) is 3.25. The molecule has 8 heteroatoms. The molecule has 1 fully saturated rings. The summed E-state index contributed by atoms with van der Waals surface area (Å²) in [7, 11) is 4.54. The number of hydroxylamine groups is 2. The van der Waals surface area contributed by atoms with Crippen LogP contribution in [-0.2, 0) is 23.8 Å². The topological polar surface area (TPSA) is 77.5 Å². The number of rotatable bonds is 12. The maximum atomic E-state index is 12.8. The molecule has 166 valence electrons. The van der Waals surface area contributed by atoms with Crippen molar-refractivity contribution >= 4 is 18.1 Å². The third-order valence-electron chi connectivity index (χ3n) is 4.91.